The number of hydroxylamine groups is 2. The van der Waals surface area contributed by atoms with Crippen LogP contribution in [0.2, 0.25) is 0 Å². The van der Waals surface area contributed by atoms with Gasteiger partial charge in [-0.3, -0.25) is 0 Å². The highest BCUT2D eigenvalue weighted by Crippen LogP contribution is 2.13. The van der Waals surface area contributed by atoms with Gasteiger partial charge in [0.1, 0.15) is 5.54 Å². The molecule has 0 aliphatic rings. The Labute approximate surface area is 67.8 Å². The Morgan fingerprint density at radius 3 is 1.73 bits per heavy atom. The fraction of sp³-hybridized carbons (Fsp3) is 1.00. The van der Waals surface area contributed by atoms with E-state index in [1.165, 1.54) is 7.11 Å². The lowest BCUT2D eigenvalue weighted by Crippen LogP contribution is -3.17. The van der Waals surface area contributed by atoms with Gasteiger partial charge in [-0.2, -0.15) is 0 Å². The van der Waals surface area contributed by atoms with Gasteiger partial charge in [-0.1, -0.05) is 0 Å². The highest BCUT2D eigenvalue weighted by atomic mass is 16.9. The lowest BCUT2D eigenvalue weighted by molar-refractivity contribution is -1.09. The van der Waals surface area contributed by atoms with E-state index in [1.807, 2.05) is 13.8 Å². The summed E-state index contributed by atoms with van der Waals surface area (Å²) in [6, 6.07) is 0. The lowest BCUT2D eigenvalue weighted by atomic mass is 9.84. The van der Waals surface area contributed by atoms with Crippen molar-refractivity contribution in [3.05, 3.63) is 5.21 Å². The fourth-order valence-corrected chi connectivity index (χ4v) is 0.518. The van der Waals surface area contributed by atoms with Crippen LogP contribution in [0.3, 0.4) is 0 Å². The molecule has 0 aromatic rings. The third-order valence-corrected chi connectivity index (χ3v) is 2.31. The summed E-state index contributed by atoms with van der Waals surface area (Å²) in [6.45, 7) is 7.17. The summed E-state index contributed by atoms with van der Waals surface area (Å²) in [5.41, 5.74) is 4.60. The number of quaternary nitrogens is 1. The molecule has 11 heavy (non-hydrogen) atoms. The van der Waals surface area contributed by atoms with Gasteiger partial charge in [0, 0.05) is 0 Å². The molecular weight excluding hydrogens is 144 g/mol. The van der Waals surface area contributed by atoms with Gasteiger partial charge in [0.15, 0.2) is 0 Å². The molecule has 0 bridgehead atoms. The first-order valence-corrected chi connectivity index (χ1v) is 3.61. The zero-order valence-corrected chi connectivity index (χ0v) is 7.89. The molecule has 0 spiro atoms. The van der Waals surface area contributed by atoms with Crippen molar-refractivity contribution in [3.8, 4) is 0 Å². The van der Waals surface area contributed by atoms with E-state index < -0.39 is 11.1 Å². The van der Waals surface area contributed by atoms with Gasteiger partial charge in [-0.05, 0) is 27.7 Å². The number of nitrogens with two attached hydrogens (primary N) is 1. The van der Waals surface area contributed by atoms with Crippen LogP contribution < -0.4 is 11.0 Å². The molecule has 0 heterocycles. The topological polar surface area (TPSA) is 62.8 Å². The first kappa shape index (κ1) is 10.8. The molecule has 3 N–H and O–H groups in total. The molecule has 0 aliphatic carbocycles. The quantitative estimate of drug-likeness (QED) is 0.547. The van der Waals surface area contributed by atoms with Crippen molar-refractivity contribution < 1.29 is 10.1 Å². The Bertz CT molecular complexity index is 129. The molecule has 0 rings (SSSR count). The van der Waals surface area contributed by atoms with Crippen LogP contribution in [-0.2, 0) is 4.84 Å². The Hall–Kier alpha value is -0.160. The molecule has 1 atom stereocenters. The molecule has 68 valence electrons. The predicted octanol–water partition coefficient (Wildman–Crippen LogP) is -0.554. The van der Waals surface area contributed by atoms with Crippen molar-refractivity contribution in [2.24, 2.45) is 5.73 Å². The van der Waals surface area contributed by atoms with Gasteiger partial charge in [0.2, 0.25) is 0 Å². The van der Waals surface area contributed by atoms with E-state index in [0.717, 1.165) is 0 Å². The van der Waals surface area contributed by atoms with Gasteiger partial charge in [0.05, 0.1) is 12.6 Å². The van der Waals surface area contributed by atoms with Crippen molar-refractivity contribution in [2.45, 2.75) is 38.8 Å². The minimum atomic E-state index is -0.637. The maximum absolute atomic E-state index is 11.2. The zero-order chi connectivity index (χ0) is 9.28. The monoisotopic (exact) mass is 162 g/mol. The largest absolute Gasteiger partial charge is 0.599 e. The van der Waals surface area contributed by atoms with Crippen LogP contribution in [0.1, 0.15) is 27.7 Å². The molecule has 0 saturated heterocycles. The highest BCUT2D eigenvalue weighted by molar-refractivity contribution is 4.89. The smallest absolute Gasteiger partial charge is 0.139 e. The average molecular weight is 162 g/mol. The molecule has 4 nitrogen and oxygen atoms in total. The molecule has 0 aromatic carbocycles. The first-order chi connectivity index (χ1) is 4.73. The Morgan fingerprint density at radius 2 is 1.64 bits per heavy atom. The number of hydrogen-bond acceptors (Lipinski definition) is 3. The summed E-state index contributed by atoms with van der Waals surface area (Å²) >= 11 is 0. The third-order valence-electron chi connectivity index (χ3n) is 2.31. The Kier molecular flexibility index (Phi) is 3.02. The van der Waals surface area contributed by atoms with Gasteiger partial charge >= 0.3 is 0 Å². The second kappa shape index (κ2) is 3.06. The molecule has 0 aromatic heterocycles. The highest BCUT2D eigenvalue weighted by Gasteiger charge is 2.40. The van der Waals surface area contributed by atoms with E-state index >= 15 is 0 Å². The predicted molar refractivity (Wildman–Crippen MR) is 43.7 cm³/mol. The number of rotatable bonds is 3. The second-order valence-electron chi connectivity index (χ2n) is 3.84. The number of hydrogen-bond donors (Lipinski definition) is 2. The van der Waals surface area contributed by atoms with Crippen LogP contribution in [-0.4, -0.2) is 18.2 Å². The van der Waals surface area contributed by atoms with Gasteiger partial charge < -0.3 is 10.9 Å². The summed E-state index contributed by atoms with van der Waals surface area (Å²) in [7, 11) is 1.37. The van der Waals surface area contributed by atoms with Gasteiger partial charge in [-0.15, -0.1) is 0 Å². The van der Waals surface area contributed by atoms with Crippen LogP contribution >= 0.6 is 0 Å². The minimum absolute atomic E-state index is 0.273. The number of nitrogens with one attached hydrogen (secondary N) is 1. The van der Waals surface area contributed by atoms with Crippen LogP contribution in [0, 0.1) is 5.21 Å². The van der Waals surface area contributed by atoms with Crippen molar-refractivity contribution in [1.82, 2.24) is 0 Å². The van der Waals surface area contributed by atoms with E-state index in [0.29, 0.717) is 0 Å². The summed E-state index contributed by atoms with van der Waals surface area (Å²) in [5.74, 6) is 0. The normalized spacial score (nSPS) is 16.6. The van der Waals surface area contributed by atoms with Crippen LogP contribution in [0.4, 0.5) is 0 Å². The summed E-state index contributed by atoms with van der Waals surface area (Å²) in [4.78, 5) is 4.62. The minimum Gasteiger partial charge on any atom is -0.599 e. The molecule has 0 amide bonds. The molecule has 0 saturated carbocycles. The van der Waals surface area contributed by atoms with Crippen LogP contribution in [0.15, 0.2) is 0 Å². The lowest BCUT2D eigenvalue weighted by Gasteiger charge is -2.43. The summed E-state index contributed by atoms with van der Waals surface area (Å²) in [6.07, 6.45) is 0. The zero-order valence-electron chi connectivity index (χ0n) is 7.89. The van der Waals surface area contributed by atoms with Crippen molar-refractivity contribution >= 4 is 0 Å². The molecule has 0 radical (unpaired) electrons. The summed E-state index contributed by atoms with van der Waals surface area (Å²) < 4.78 is 0. The Balaban J connectivity index is 4.45. The van der Waals surface area contributed by atoms with Gasteiger partial charge in [-0.25, -0.2) is 10.1 Å². The van der Waals surface area contributed by atoms with Crippen molar-refractivity contribution in [3.63, 3.8) is 0 Å². The fourth-order valence-electron chi connectivity index (χ4n) is 0.518. The van der Waals surface area contributed by atoms with Crippen LogP contribution in [0.25, 0.3) is 0 Å². The Morgan fingerprint density at radius 1 is 1.27 bits per heavy atom. The second-order valence-corrected chi connectivity index (χ2v) is 3.84. The third kappa shape index (κ3) is 2.13. The molecule has 0 aliphatic heterocycles. The molecule has 4 heteroatoms. The van der Waals surface area contributed by atoms with E-state index in [1.54, 1.807) is 13.8 Å². The maximum atomic E-state index is 11.2. The van der Waals surface area contributed by atoms with Crippen molar-refractivity contribution in [1.29, 1.82) is 0 Å². The van der Waals surface area contributed by atoms with E-state index in [9.17, 15) is 5.21 Å². The molecule has 0 fully saturated rings. The molecule has 1 unspecified atom stereocenters. The first-order valence-electron chi connectivity index (χ1n) is 3.61. The SMILES string of the molecule is CO[NH+]([O-])C(C)(C)C(C)(C)N. The van der Waals surface area contributed by atoms with E-state index in [2.05, 4.69) is 4.84 Å². The summed E-state index contributed by atoms with van der Waals surface area (Å²) in [5, 5.41) is 10.9. The van der Waals surface area contributed by atoms with Crippen molar-refractivity contribution in [2.75, 3.05) is 7.11 Å². The average Bonchev–Trinajstić information content (AvgIpc) is 1.83. The van der Waals surface area contributed by atoms with E-state index in [4.69, 9.17) is 5.73 Å². The maximum Gasteiger partial charge on any atom is 0.139 e. The van der Waals surface area contributed by atoms with E-state index in [-0.39, 0.29) is 5.23 Å². The van der Waals surface area contributed by atoms with Gasteiger partial charge in [0.25, 0.3) is 0 Å². The van der Waals surface area contributed by atoms with Crippen LogP contribution in [0.5, 0.6) is 0 Å². The molecular formula is C7H18N2O2. The standard InChI is InChI=1S/C7H18N2O2/c1-6(2,8)7(3,4)9(10)11-5/h9H,8H2,1-5H3.